The van der Waals surface area contributed by atoms with Gasteiger partial charge in [-0.2, -0.15) is 0 Å². The van der Waals surface area contributed by atoms with Crippen LogP contribution in [0.15, 0.2) is 55.6 Å². The van der Waals surface area contributed by atoms with Crippen LogP contribution in [0.5, 0.6) is 0 Å². The monoisotopic (exact) mass is 502 g/mol. The van der Waals surface area contributed by atoms with E-state index in [4.69, 9.17) is 14.6 Å². The Kier molecular flexibility index (Phi) is 15.1. The summed E-state index contributed by atoms with van der Waals surface area (Å²) in [5.74, 6) is -1.81. The lowest BCUT2D eigenvalue weighted by Gasteiger charge is -2.29. The number of aliphatic hydroxyl groups excluding tert-OH is 1. The summed E-state index contributed by atoms with van der Waals surface area (Å²) in [6.45, 7) is 11.7. The molecule has 36 heavy (non-hydrogen) atoms. The van der Waals surface area contributed by atoms with Crippen LogP contribution in [0.1, 0.15) is 45.1 Å². The zero-order chi connectivity index (χ0) is 26.8. The van der Waals surface area contributed by atoms with E-state index in [-0.39, 0.29) is 56.5 Å². The molecule has 0 radical (unpaired) electrons. The standard InChI is InChI=1S/C28H42N2O6/c1-5-7-14-24(19-22-12-9-8-10-13-22)27(34)36-21-28(3,4)30-26(33)23(11-6-2)20-25(32)29-15-17-35-18-16-31/h5-6,8-10,12-13,23-24,31H,1-2,7,11,14-21H2,3-4H3,(H,29,32)(H,30,33)/t23-,24-/m1/s1. The number of amides is 2. The third-order valence-corrected chi connectivity index (χ3v) is 5.47. The smallest absolute Gasteiger partial charge is 0.309 e. The first kappa shape index (κ1) is 31.1. The van der Waals surface area contributed by atoms with E-state index >= 15 is 0 Å². The molecular weight excluding hydrogens is 460 g/mol. The van der Waals surface area contributed by atoms with Crippen molar-refractivity contribution < 1.29 is 29.0 Å². The van der Waals surface area contributed by atoms with Crippen LogP contribution in [0.4, 0.5) is 0 Å². The zero-order valence-corrected chi connectivity index (χ0v) is 21.7. The summed E-state index contributed by atoms with van der Waals surface area (Å²) in [5, 5.41) is 14.3. The molecule has 1 rings (SSSR count). The molecule has 8 nitrogen and oxygen atoms in total. The van der Waals surface area contributed by atoms with Gasteiger partial charge in [-0.3, -0.25) is 14.4 Å². The fraction of sp³-hybridized carbons (Fsp3) is 0.536. The van der Waals surface area contributed by atoms with Gasteiger partial charge in [0.2, 0.25) is 11.8 Å². The highest BCUT2D eigenvalue weighted by atomic mass is 16.5. The quantitative estimate of drug-likeness (QED) is 0.152. The van der Waals surface area contributed by atoms with Crippen molar-refractivity contribution in [1.29, 1.82) is 0 Å². The van der Waals surface area contributed by atoms with Crippen LogP contribution < -0.4 is 10.6 Å². The van der Waals surface area contributed by atoms with Gasteiger partial charge in [0.25, 0.3) is 0 Å². The molecule has 0 unspecified atom stereocenters. The minimum absolute atomic E-state index is 0.00553. The molecular formula is C28H42N2O6. The van der Waals surface area contributed by atoms with E-state index in [0.717, 1.165) is 5.56 Å². The van der Waals surface area contributed by atoms with Crippen LogP contribution in [0.25, 0.3) is 0 Å². The van der Waals surface area contributed by atoms with Crippen LogP contribution in [0, 0.1) is 11.8 Å². The molecule has 0 saturated carbocycles. The van der Waals surface area contributed by atoms with Crippen molar-refractivity contribution in [3.8, 4) is 0 Å². The second-order valence-electron chi connectivity index (χ2n) is 9.34. The number of hydrogen-bond acceptors (Lipinski definition) is 6. The molecule has 0 heterocycles. The number of esters is 1. The number of allylic oxidation sites excluding steroid dienone is 2. The molecule has 0 aliphatic heterocycles. The van der Waals surface area contributed by atoms with E-state index in [2.05, 4.69) is 23.8 Å². The Morgan fingerprint density at radius 3 is 2.44 bits per heavy atom. The van der Waals surface area contributed by atoms with E-state index < -0.39 is 11.5 Å². The summed E-state index contributed by atoms with van der Waals surface area (Å²) >= 11 is 0. The SMILES string of the molecule is C=CCC[C@H](Cc1ccccc1)C(=O)OCC(C)(C)NC(=O)[C@H](CC=C)CC(=O)NCCOCCO. The van der Waals surface area contributed by atoms with Gasteiger partial charge in [0.05, 0.1) is 37.2 Å². The van der Waals surface area contributed by atoms with Gasteiger partial charge >= 0.3 is 5.97 Å². The predicted octanol–water partition coefficient (Wildman–Crippen LogP) is 2.96. The van der Waals surface area contributed by atoms with Crippen molar-refractivity contribution in [1.82, 2.24) is 10.6 Å². The Morgan fingerprint density at radius 1 is 1.08 bits per heavy atom. The highest BCUT2D eigenvalue weighted by molar-refractivity contribution is 5.86. The fourth-order valence-corrected chi connectivity index (χ4v) is 3.57. The minimum atomic E-state index is -0.823. The third-order valence-electron chi connectivity index (χ3n) is 5.47. The van der Waals surface area contributed by atoms with E-state index in [0.29, 0.717) is 32.2 Å². The molecule has 0 aliphatic carbocycles. The molecule has 0 bridgehead atoms. The van der Waals surface area contributed by atoms with Crippen molar-refractivity contribution in [2.45, 2.75) is 51.5 Å². The highest BCUT2D eigenvalue weighted by Crippen LogP contribution is 2.18. The summed E-state index contributed by atoms with van der Waals surface area (Å²) < 4.78 is 10.7. The minimum Gasteiger partial charge on any atom is -0.463 e. The second-order valence-corrected chi connectivity index (χ2v) is 9.34. The lowest BCUT2D eigenvalue weighted by atomic mass is 9.94. The van der Waals surface area contributed by atoms with E-state index in [9.17, 15) is 14.4 Å². The molecule has 2 amide bonds. The number of carbonyl (C=O) groups is 3. The van der Waals surface area contributed by atoms with Gasteiger partial charge in [0, 0.05) is 13.0 Å². The van der Waals surface area contributed by atoms with E-state index in [1.165, 1.54) is 0 Å². The Morgan fingerprint density at radius 2 is 1.81 bits per heavy atom. The van der Waals surface area contributed by atoms with Crippen molar-refractivity contribution in [3.05, 3.63) is 61.2 Å². The van der Waals surface area contributed by atoms with Crippen LogP contribution in [0.3, 0.4) is 0 Å². The largest absolute Gasteiger partial charge is 0.463 e. The summed E-state index contributed by atoms with van der Waals surface area (Å²) in [5.41, 5.74) is 0.234. The van der Waals surface area contributed by atoms with Crippen molar-refractivity contribution in [3.63, 3.8) is 0 Å². The molecule has 1 aromatic rings. The number of hydrogen-bond donors (Lipinski definition) is 3. The summed E-state index contributed by atoms with van der Waals surface area (Å²) in [6, 6.07) is 9.78. The molecule has 0 aliphatic rings. The highest BCUT2D eigenvalue weighted by Gasteiger charge is 2.29. The van der Waals surface area contributed by atoms with Gasteiger partial charge in [-0.1, -0.05) is 42.5 Å². The normalized spacial score (nSPS) is 12.8. The lowest BCUT2D eigenvalue weighted by Crippen LogP contribution is -2.50. The Labute approximate surface area is 215 Å². The van der Waals surface area contributed by atoms with Crippen LogP contribution >= 0.6 is 0 Å². The number of ether oxygens (including phenoxy) is 2. The Hall–Kier alpha value is -2.97. The molecule has 8 heteroatoms. The number of aliphatic hydroxyl groups is 1. The number of rotatable bonds is 19. The number of nitrogens with one attached hydrogen (secondary N) is 2. The molecule has 1 aromatic carbocycles. The van der Waals surface area contributed by atoms with E-state index in [1.807, 2.05) is 30.3 Å². The second kappa shape index (κ2) is 17.5. The van der Waals surface area contributed by atoms with Gasteiger partial charge in [0.15, 0.2) is 0 Å². The van der Waals surface area contributed by atoms with Crippen LogP contribution in [-0.4, -0.2) is 61.4 Å². The maximum atomic E-state index is 12.9. The van der Waals surface area contributed by atoms with Crippen molar-refractivity contribution in [2.24, 2.45) is 11.8 Å². The Balaban J connectivity index is 2.63. The Bertz CT molecular complexity index is 825. The molecule has 200 valence electrons. The predicted molar refractivity (Wildman–Crippen MR) is 140 cm³/mol. The average molecular weight is 503 g/mol. The molecule has 0 saturated heterocycles. The van der Waals surface area contributed by atoms with Crippen LogP contribution in [0.2, 0.25) is 0 Å². The maximum Gasteiger partial charge on any atom is 0.309 e. The van der Waals surface area contributed by atoms with Crippen molar-refractivity contribution in [2.75, 3.05) is 33.0 Å². The van der Waals surface area contributed by atoms with Crippen molar-refractivity contribution >= 4 is 17.8 Å². The van der Waals surface area contributed by atoms with E-state index in [1.54, 1.807) is 26.0 Å². The van der Waals surface area contributed by atoms with Gasteiger partial charge in [0.1, 0.15) is 6.61 Å². The third kappa shape index (κ3) is 13.2. The molecule has 0 spiro atoms. The van der Waals surface area contributed by atoms with Gasteiger partial charge in [-0.15, -0.1) is 13.2 Å². The summed E-state index contributed by atoms with van der Waals surface area (Å²) in [7, 11) is 0. The first-order valence-electron chi connectivity index (χ1n) is 12.4. The molecule has 3 N–H and O–H groups in total. The molecule has 0 fully saturated rings. The van der Waals surface area contributed by atoms with Crippen LogP contribution in [-0.2, 0) is 30.3 Å². The maximum absolute atomic E-state index is 12.9. The first-order valence-corrected chi connectivity index (χ1v) is 12.4. The lowest BCUT2D eigenvalue weighted by molar-refractivity contribution is -0.151. The molecule has 2 atom stereocenters. The van der Waals surface area contributed by atoms with Gasteiger partial charge in [-0.25, -0.2) is 0 Å². The number of carbonyl (C=O) groups excluding carboxylic acids is 3. The summed E-state index contributed by atoms with van der Waals surface area (Å²) in [4.78, 5) is 38.0. The fourth-order valence-electron chi connectivity index (χ4n) is 3.57. The van der Waals surface area contributed by atoms with Gasteiger partial charge in [-0.05, 0) is 45.1 Å². The zero-order valence-electron chi connectivity index (χ0n) is 21.7. The summed E-state index contributed by atoms with van der Waals surface area (Å²) in [6.07, 6.45) is 5.61. The van der Waals surface area contributed by atoms with Gasteiger partial charge < -0.3 is 25.2 Å². The number of benzene rings is 1. The average Bonchev–Trinajstić information content (AvgIpc) is 2.85. The molecule has 0 aromatic heterocycles. The first-order chi connectivity index (χ1) is 17.2. The topological polar surface area (TPSA) is 114 Å².